The average Bonchev–Trinajstić information content (AvgIpc) is 2.66. The normalized spacial score (nSPS) is 11.9. The van der Waals surface area contributed by atoms with Gasteiger partial charge in [0.25, 0.3) is 5.91 Å². The Morgan fingerprint density at radius 2 is 1.79 bits per heavy atom. The van der Waals surface area contributed by atoms with E-state index in [1.54, 1.807) is 6.92 Å². The van der Waals surface area contributed by atoms with Gasteiger partial charge in [-0.15, -0.1) is 0 Å². The van der Waals surface area contributed by atoms with Gasteiger partial charge in [-0.25, -0.2) is 0 Å². The molecule has 0 aliphatic heterocycles. The van der Waals surface area contributed by atoms with Crippen LogP contribution in [0.4, 0.5) is 0 Å². The Hall–Kier alpha value is -2.49. The lowest BCUT2D eigenvalue weighted by molar-refractivity contribution is -0.127. The molecule has 2 aromatic rings. The van der Waals surface area contributed by atoms with E-state index in [-0.39, 0.29) is 5.91 Å². The molecule has 0 saturated carbocycles. The second-order valence-corrected chi connectivity index (χ2v) is 7.43. The Bertz CT molecular complexity index is 753. The molecule has 2 aromatic carbocycles. The molecule has 1 N–H and O–H groups in total. The van der Waals surface area contributed by atoms with Crippen LogP contribution in [0.25, 0.3) is 0 Å². The lowest BCUT2D eigenvalue weighted by Gasteiger charge is -2.19. The van der Waals surface area contributed by atoms with Crippen LogP contribution in [0.15, 0.2) is 42.5 Å². The van der Waals surface area contributed by atoms with E-state index in [2.05, 4.69) is 43.4 Å². The number of hydrogen-bond acceptors (Lipinski definition) is 3. The highest BCUT2D eigenvalue weighted by atomic mass is 16.5. The zero-order valence-corrected chi connectivity index (χ0v) is 17.7. The Morgan fingerprint density at radius 3 is 2.43 bits per heavy atom. The van der Waals surface area contributed by atoms with Crippen molar-refractivity contribution in [2.24, 2.45) is 0 Å². The molecule has 2 rings (SSSR count). The summed E-state index contributed by atoms with van der Waals surface area (Å²) >= 11 is 0. The fraction of sp³-hybridized carbons (Fsp3) is 0.458. The van der Waals surface area contributed by atoms with E-state index in [1.165, 1.54) is 5.56 Å². The second kappa shape index (κ2) is 10.7. The summed E-state index contributed by atoms with van der Waals surface area (Å²) < 4.78 is 11.4. The van der Waals surface area contributed by atoms with Crippen LogP contribution in [0.3, 0.4) is 0 Å². The van der Waals surface area contributed by atoms with Gasteiger partial charge in [0.15, 0.2) is 6.10 Å². The van der Waals surface area contributed by atoms with Gasteiger partial charge in [-0.1, -0.05) is 38.1 Å². The number of rotatable bonds is 10. The first-order valence-corrected chi connectivity index (χ1v) is 10.2. The van der Waals surface area contributed by atoms with Crippen LogP contribution in [0, 0.1) is 6.92 Å². The van der Waals surface area contributed by atoms with Crippen molar-refractivity contribution >= 4 is 5.91 Å². The maximum Gasteiger partial charge on any atom is 0.260 e. The molecule has 4 heteroatoms. The van der Waals surface area contributed by atoms with E-state index in [0.717, 1.165) is 35.5 Å². The molecule has 0 spiro atoms. The molecule has 0 unspecified atom stereocenters. The van der Waals surface area contributed by atoms with Gasteiger partial charge in [0, 0.05) is 6.54 Å². The third kappa shape index (κ3) is 6.59. The minimum atomic E-state index is -0.523. The van der Waals surface area contributed by atoms with Crippen molar-refractivity contribution in [1.82, 2.24) is 5.32 Å². The largest absolute Gasteiger partial charge is 0.494 e. The minimum absolute atomic E-state index is 0.0806. The number of benzene rings is 2. The van der Waals surface area contributed by atoms with Gasteiger partial charge in [0.05, 0.1) is 6.61 Å². The van der Waals surface area contributed by atoms with Crippen molar-refractivity contribution in [3.8, 4) is 11.5 Å². The Kier molecular flexibility index (Phi) is 8.37. The molecule has 0 aliphatic carbocycles. The van der Waals surface area contributed by atoms with E-state index in [9.17, 15) is 4.79 Å². The molecule has 0 saturated heterocycles. The van der Waals surface area contributed by atoms with Crippen LogP contribution in [0.2, 0.25) is 0 Å². The maximum atomic E-state index is 12.4. The molecule has 1 atom stereocenters. The Morgan fingerprint density at radius 1 is 1.07 bits per heavy atom. The first-order valence-electron chi connectivity index (χ1n) is 10.2. The third-order valence-corrected chi connectivity index (χ3v) is 4.64. The topological polar surface area (TPSA) is 47.6 Å². The Balaban J connectivity index is 1.79. The summed E-state index contributed by atoms with van der Waals surface area (Å²) in [4.78, 5) is 12.4. The van der Waals surface area contributed by atoms with Gasteiger partial charge in [0.1, 0.15) is 11.5 Å². The number of carbonyl (C=O) groups excluding carboxylic acids is 1. The van der Waals surface area contributed by atoms with Crippen LogP contribution in [0.5, 0.6) is 11.5 Å². The van der Waals surface area contributed by atoms with Crippen molar-refractivity contribution in [1.29, 1.82) is 0 Å². The van der Waals surface area contributed by atoms with Crippen LogP contribution >= 0.6 is 0 Å². The first-order chi connectivity index (χ1) is 13.4. The molecular formula is C24H33NO3. The van der Waals surface area contributed by atoms with Crippen molar-refractivity contribution in [2.75, 3.05) is 13.2 Å². The number of ether oxygens (including phenoxy) is 2. The molecule has 0 aromatic heterocycles. The molecule has 28 heavy (non-hydrogen) atoms. The summed E-state index contributed by atoms with van der Waals surface area (Å²) in [6.07, 6.45) is 1.27. The average molecular weight is 384 g/mol. The van der Waals surface area contributed by atoms with E-state index in [1.807, 2.05) is 32.0 Å². The van der Waals surface area contributed by atoms with Gasteiger partial charge in [0.2, 0.25) is 0 Å². The highest BCUT2D eigenvalue weighted by Crippen LogP contribution is 2.28. The molecule has 0 aliphatic rings. The summed E-state index contributed by atoms with van der Waals surface area (Å²) in [5.41, 5.74) is 3.49. The number of amides is 1. The molecule has 0 heterocycles. The fourth-order valence-electron chi connectivity index (χ4n) is 3.03. The van der Waals surface area contributed by atoms with Crippen molar-refractivity contribution in [3.63, 3.8) is 0 Å². The van der Waals surface area contributed by atoms with Crippen molar-refractivity contribution < 1.29 is 14.3 Å². The fourth-order valence-corrected chi connectivity index (χ4v) is 3.03. The third-order valence-electron chi connectivity index (χ3n) is 4.64. The van der Waals surface area contributed by atoms with E-state index >= 15 is 0 Å². The summed E-state index contributed by atoms with van der Waals surface area (Å²) in [5.74, 6) is 1.96. The smallest absolute Gasteiger partial charge is 0.260 e. The first kappa shape index (κ1) is 21.8. The van der Waals surface area contributed by atoms with E-state index in [0.29, 0.717) is 19.1 Å². The zero-order valence-electron chi connectivity index (χ0n) is 17.7. The number of nitrogens with one attached hydrogen (secondary N) is 1. The van der Waals surface area contributed by atoms with E-state index in [4.69, 9.17) is 9.47 Å². The zero-order chi connectivity index (χ0) is 20.5. The monoisotopic (exact) mass is 383 g/mol. The molecular weight excluding hydrogens is 350 g/mol. The lowest BCUT2D eigenvalue weighted by Crippen LogP contribution is -2.37. The van der Waals surface area contributed by atoms with Crippen molar-refractivity contribution in [2.45, 2.75) is 59.5 Å². The molecule has 0 bridgehead atoms. The van der Waals surface area contributed by atoms with Gasteiger partial charge in [-0.05, 0) is 74.4 Å². The number of hydrogen-bond donors (Lipinski definition) is 1. The predicted molar refractivity (Wildman–Crippen MR) is 114 cm³/mol. The van der Waals surface area contributed by atoms with Crippen LogP contribution in [-0.2, 0) is 11.2 Å². The van der Waals surface area contributed by atoms with E-state index < -0.39 is 6.10 Å². The van der Waals surface area contributed by atoms with Gasteiger partial charge < -0.3 is 14.8 Å². The molecule has 4 nitrogen and oxygen atoms in total. The lowest BCUT2D eigenvalue weighted by atomic mass is 10.0. The maximum absolute atomic E-state index is 12.4. The van der Waals surface area contributed by atoms with Crippen molar-refractivity contribution in [3.05, 3.63) is 59.2 Å². The summed E-state index contributed by atoms with van der Waals surface area (Å²) in [6.45, 7) is 11.4. The van der Waals surface area contributed by atoms with Crippen LogP contribution < -0.4 is 14.8 Å². The summed E-state index contributed by atoms with van der Waals surface area (Å²) in [5, 5.41) is 2.98. The second-order valence-electron chi connectivity index (χ2n) is 7.43. The van der Waals surface area contributed by atoms with Gasteiger partial charge in [-0.2, -0.15) is 0 Å². The highest BCUT2D eigenvalue weighted by molar-refractivity contribution is 5.80. The minimum Gasteiger partial charge on any atom is -0.494 e. The molecule has 0 radical (unpaired) electrons. The number of aryl methyl sites for hydroxylation is 2. The summed E-state index contributed by atoms with van der Waals surface area (Å²) in [7, 11) is 0. The quantitative estimate of drug-likeness (QED) is 0.585. The molecule has 0 fully saturated rings. The summed E-state index contributed by atoms with van der Waals surface area (Å²) in [6, 6.07) is 14.3. The predicted octanol–water partition coefficient (Wildman–Crippen LogP) is 5.03. The number of carbonyl (C=O) groups is 1. The standard InChI is InChI=1S/C24H33NO3/c1-6-27-21-12-10-20(11-13-21)8-7-15-25-24(26)19(5)28-23-16-18(4)9-14-22(23)17(2)3/h9-14,16-17,19H,6-8,15H2,1-5H3,(H,25,26)/t19-/m1/s1. The van der Waals surface area contributed by atoms with Gasteiger partial charge >= 0.3 is 0 Å². The van der Waals surface area contributed by atoms with Crippen LogP contribution in [0.1, 0.15) is 56.7 Å². The van der Waals surface area contributed by atoms with Crippen LogP contribution in [-0.4, -0.2) is 25.2 Å². The van der Waals surface area contributed by atoms with Gasteiger partial charge in [-0.3, -0.25) is 4.79 Å². The Labute approximate surface area is 169 Å². The highest BCUT2D eigenvalue weighted by Gasteiger charge is 2.17. The molecule has 152 valence electrons. The SMILES string of the molecule is CCOc1ccc(CCCNC(=O)[C@@H](C)Oc2cc(C)ccc2C(C)C)cc1. The molecule has 1 amide bonds.